The first-order valence-corrected chi connectivity index (χ1v) is 8.56. The van der Waals surface area contributed by atoms with Gasteiger partial charge in [0.2, 0.25) is 0 Å². The van der Waals surface area contributed by atoms with Crippen LogP contribution in [0.15, 0.2) is 0 Å². The third-order valence-electron chi connectivity index (χ3n) is 5.17. The van der Waals surface area contributed by atoms with Crippen molar-refractivity contribution in [2.24, 2.45) is 5.73 Å². The van der Waals surface area contributed by atoms with Crippen molar-refractivity contribution in [3.63, 3.8) is 0 Å². The molecule has 0 radical (unpaired) electrons. The largest absolute Gasteiger partial charge is 0.326 e. The Labute approximate surface area is 121 Å². The predicted molar refractivity (Wildman–Crippen MR) is 85.5 cm³/mol. The Balaban J connectivity index is 2.45. The Morgan fingerprint density at radius 2 is 1.53 bits per heavy atom. The molecule has 0 amide bonds. The summed E-state index contributed by atoms with van der Waals surface area (Å²) < 4.78 is 0. The molecule has 0 aromatic rings. The van der Waals surface area contributed by atoms with Gasteiger partial charge in [0.05, 0.1) is 0 Å². The SMILES string of the molecule is CCCCCCCC(N)C1(N(C)C)CCCCCC1. The Hall–Kier alpha value is -0.0800. The van der Waals surface area contributed by atoms with Crippen molar-refractivity contribution in [3.8, 4) is 0 Å². The quantitative estimate of drug-likeness (QED) is 0.524. The van der Waals surface area contributed by atoms with Gasteiger partial charge in [0.1, 0.15) is 0 Å². The van der Waals surface area contributed by atoms with E-state index in [1.54, 1.807) is 0 Å². The molecule has 0 heterocycles. The summed E-state index contributed by atoms with van der Waals surface area (Å²) in [7, 11) is 4.48. The van der Waals surface area contributed by atoms with Gasteiger partial charge in [-0.25, -0.2) is 0 Å². The summed E-state index contributed by atoms with van der Waals surface area (Å²) in [6.45, 7) is 2.28. The van der Waals surface area contributed by atoms with Gasteiger partial charge in [0, 0.05) is 11.6 Å². The summed E-state index contributed by atoms with van der Waals surface area (Å²) in [5.41, 5.74) is 6.91. The molecule has 0 bridgehead atoms. The smallest absolute Gasteiger partial charge is 0.0354 e. The van der Waals surface area contributed by atoms with Crippen LogP contribution in [0, 0.1) is 0 Å². The second-order valence-corrected chi connectivity index (χ2v) is 6.72. The predicted octanol–water partition coefficient (Wildman–Crippen LogP) is 4.33. The topological polar surface area (TPSA) is 29.3 Å². The molecule has 19 heavy (non-hydrogen) atoms. The molecule has 1 fully saturated rings. The minimum atomic E-state index is 0.279. The summed E-state index contributed by atoms with van der Waals surface area (Å²) in [6, 6.07) is 0.363. The summed E-state index contributed by atoms with van der Waals surface area (Å²) >= 11 is 0. The number of nitrogens with zero attached hydrogens (tertiary/aromatic N) is 1. The lowest BCUT2D eigenvalue weighted by molar-refractivity contribution is 0.0920. The lowest BCUT2D eigenvalue weighted by atomic mass is 9.79. The van der Waals surface area contributed by atoms with Crippen LogP contribution in [0.2, 0.25) is 0 Å². The highest BCUT2D eigenvalue weighted by atomic mass is 15.2. The first kappa shape index (κ1) is 17.0. The van der Waals surface area contributed by atoms with E-state index in [0.717, 1.165) is 0 Å². The zero-order chi connectivity index (χ0) is 14.1. The van der Waals surface area contributed by atoms with E-state index in [0.29, 0.717) is 6.04 Å². The second kappa shape index (κ2) is 8.97. The van der Waals surface area contributed by atoms with Crippen LogP contribution < -0.4 is 5.73 Å². The highest BCUT2D eigenvalue weighted by molar-refractivity contribution is 4.98. The van der Waals surface area contributed by atoms with Gasteiger partial charge in [-0.3, -0.25) is 0 Å². The van der Waals surface area contributed by atoms with Crippen molar-refractivity contribution >= 4 is 0 Å². The maximum atomic E-state index is 6.63. The van der Waals surface area contributed by atoms with Gasteiger partial charge < -0.3 is 10.6 Å². The first-order valence-electron chi connectivity index (χ1n) is 8.56. The average molecular weight is 268 g/mol. The lowest BCUT2D eigenvalue weighted by Gasteiger charge is -2.44. The monoisotopic (exact) mass is 268 g/mol. The van der Waals surface area contributed by atoms with E-state index in [9.17, 15) is 0 Å². The van der Waals surface area contributed by atoms with Crippen molar-refractivity contribution in [1.29, 1.82) is 0 Å². The number of hydrogen-bond donors (Lipinski definition) is 1. The summed E-state index contributed by atoms with van der Waals surface area (Å²) in [6.07, 6.45) is 16.1. The molecule has 0 saturated heterocycles. The van der Waals surface area contributed by atoms with Crippen LogP contribution in [-0.4, -0.2) is 30.6 Å². The van der Waals surface area contributed by atoms with Crippen molar-refractivity contribution in [2.45, 2.75) is 95.6 Å². The summed E-state index contributed by atoms with van der Waals surface area (Å²) in [4.78, 5) is 2.44. The molecule has 2 nitrogen and oxygen atoms in total. The van der Waals surface area contributed by atoms with Gasteiger partial charge in [0.15, 0.2) is 0 Å². The molecular formula is C17H36N2. The van der Waals surface area contributed by atoms with Gasteiger partial charge >= 0.3 is 0 Å². The number of nitrogens with two attached hydrogens (primary N) is 1. The average Bonchev–Trinajstić information content (AvgIpc) is 2.64. The second-order valence-electron chi connectivity index (χ2n) is 6.72. The van der Waals surface area contributed by atoms with Crippen LogP contribution in [0.25, 0.3) is 0 Å². The fourth-order valence-electron chi connectivity index (χ4n) is 3.73. The van der Waals surface area contributed by atoms with E-state index in [1.165, 1.54) is 77.0 Å². The minimum absolute atomic E-state index is 0.279. The van der Waals surface area contributed by atoms with Crippen LogP contribution in [-0.2, 0) is 0 Å². The van der Waals surface area contributed by atoms with E-state index in [1.807, 2.05) is 0 Å². The molecule has 1 unspecified atom stereocenters. The molecule has 0 aliphatic heterocycles. The molecule has 0 aromatic heterocycles. The molecule has 1 aliphatic rings. The first-order chi connectivity index (χ1) is 9.13. The van der Waals surface area contributed by atoms with Crippen LogP contribution in [0.4, 0.5) is 0 Å². The van der Waals surface area contributed by atoms with Crippen molar-refractivity contribution < 1.29 is 0 Å². The molecule has 114 valence electrons. The number of unbranched alkanes of at least 4 members (excludes halogenated alkanes) is 4. The van der Waals surface area contributed by atoms with Crippen LogP contribution in [0.3, 0.4) is 0 Å². The Kier molecular flexibility index (Phi) is 8.01. The summed E-state index contributed by atoms with van der Waals surface area (Å²) in [5, 5.41) is 0. The molecule has 2 N–H and O–H groups in total. The fourth-order valence-corrected chi connectivity index (χ4v) is 3.73. The van der Waals surface area contributed by atoms with Crippen molar-refractivity contribution in [3.05, 3.63) is 0 Å². The van der Waals surface area contributed by atoms with Crippen molar-refractivity contribution in [2.75, 3.05) is 14.1 Å². The van der Waals surface area contributed by atoms with E-state index < -0.39 is 0 Å². The van der Waals surface area contributed by atoms with E-state index in [4.69, 9.17) is 5.73 Å². The molecule has 2 heteroatoms. The molecular weight excluding hydrogens is 232 g/mol. The molecule has 1 saturated carbocycles. The van der Waals surface area contributed by atoms with E-state index in [2.05, 4.69) is 25.9 Å². The Morgan fingerprint density at radius 3 is 2.05 bits per heavy atom. The Morgan fingerprint density at radius 1 is 0.947 bits per heavy atom. The van der Waals surface area contributed by atoms with Gasteiger partial charge in [0.25, 0.3) is 0 Å². The number of hydrogen-bond acceptors (Lipinski definition) is 2. The van der Waals surface area contributed by atoms with E-state index >= 15 is 0 Å². The molecule has 0 spiro atoms. The third kappa shape index (κ3) is 5.07. The van der Waals surface area contributed by atoms with Crippen LogP contribution in [0.5, 0.6) is 0 Å². The third-order valence-corrected chi connectivity index (χ3v) is 5.17. The molecule has 1 aliphatic carbocycles. The van der Waals surface area contributed by atoms with E-state index in [-0.39, 0.29) is 5.54 Å². The zero-order valence-electron chi connectivity index (χ0n) is 13.6. The number of rotatable bonds is 8. The highest BCUT2D eigenvalue weighted by Gasteiger charge is 2.38. The minimum Gasteiger partial charge on any atom is -0.326 e. The van der Waals surface area contributed by atoms with Gasteiger partial charge in [-0.1, -0.05) is 64.7 Å². The highest BCUT2D eigenvalue weighted by Crippen LogP contribution is 2.34. The molecule has 1 atom stereocenters. The fraction of sp³-hybridized carbons (Fsp3) is 1.00. The molecule has 1 rings (SSSR count). The van der Waals surface area contributed by atoms with Gasteiger partial charge in [-0.05, 0) is 33.4 Å². The summed E-state index contributed by atoms with van der Waals surface area (Å²) in [5.74, 6) is 0. The number of likely N-dealkylation sites (N-methyl/N-ethyl adjacent to an activating group) is 1. The lowest BCUT2D eigenvalue weighted by Crippen LogP contribution is -2.57. The van der Waals surface area contributed by atoms with Crippen LogP contribution >= 0.6 is 0 Å². The standard InChI is InChI=1S/C17H36N2/c1-4-5-6-7-10-13-16(18)17(19(2)3)14-11-8-9-12-15-17/h16H,4-15,18H2,1-3H3. The Bertz CT molecular complexity index is 217. The molecule has 0 aromatic carbocycles. The zero-order valence-corrected chi connectivity index (χ0v) is 13.6. The van der Waals surface area contributed by atoms with Crippen molar-refractivity contribution in [1.82, 2.24) is 4.90 Å². The normalized spacial score (nSPS) is 21.3. The maximum absolute atomic E-state index is 6.63. The van der Waals surface area contributed by atoms with Gasteiger partial charge in [-0.15, -0.1) is 0 Å². The van der Waals surface area contributed by atoms with Crippen LogP contribution in [0.1, 0.15) is 84.0 Å². The maximum Gasteiger partial charge on any atom is 0.0354 e. The van der Waals surface area contributed by atoms with Gasteiger partial charge in [-0.2, -0.15) is 0 Å².